The summed E-state index contributed by atoms with van der Waals surface area (Å²) in [5, 5.41) is 21.0. The van der Waals surface area contributed by atoms with Crippen LogP contribution in [-0.2, 0) is 0 Å². The Hall–Kier alpha value is -1.82. The van der Waals surface area contributed by atoms with Crippen molar-refractivity contribution in [2.75, 3.05) is 17.7 Å². The Kier molecular flexibility index (Phi) is 3.25. The van der Waals surface area contributed by atoms with E-state index in [1.807, 2.05) is 6.07 Å². The minimum atomic E-state index is -0.283. The average molecular weight is 276 g/mol. The Balaban J connectivity index is 1.92. The highest BCUT2D eigenvalue weighted by Gasteiger charge is 2.34. The summed E-state index contributed by atoms with van der Waals surface area (Å²) in [5.74, 6) is 0.719. The zero-order valence-corrected chi connectivity index (χ0v) is 11.6. The number of fused-ring (bicyclic) bond motifs is 1. The van der Waals surface area contributed by atoms with Crippen LogP contribution in [0.1, 0.15) is 32.6 Å². The minimum Gasteiger partial charge on any atom is -0.397 e. The van der Waals surface area contributed by atoms with Crippen molar-refractivity contribution in [3.8, 4) is 0 Å². The van der Waals surface area contributed by atoms with Crippen molar-refractivity contribution in [2.24, 2.45) is 5.92 Å². The van der Waals surface area contributed by atoms with Gasteiger partial charge in [-0.1, -0.05) is 6.92 Å². The lowest BCUT2D eigenvalue weighted by Crippen LogP contribution is -2.45. The molecule has 0 amide bonds. The summed E-state index contributed by atoms with van der Waals surface area (Å²) in [6.07, 6.45) is 4.12. The molecule has 1 fully saturated rings. The molecule has 1 saturated carbocycles. The van der Waals surface area contributed by atoms with E-state index in [4.69, 9.17) is 10.4 Å². The second-order valence-electron chi connectivity index (χ2n) is 5.91. The highest BCUT2D eigenvalue weighted by molar-refractivity contribution is 5.95. The minimum absolute atomic E-state index is 0.108. The predicted octanol–water partition coefficient (Wildman–Crippen LogP) is 2.16. The van der Waals surface area contributed by atoms with Crippen molar-refractivity contribution < 1.29 is 9.74 Å². The number of hydrogen-bond acceptors (Lipinski definition) is 6. The van der Waals surface area contributed by atoms with E-state index in [1.165, 1.54) is 0 Å². The van der Waals surface area contributed by atoms with Gasteiger partial charge < -0.3 is 16.2 Å². The van der Waals surface area contributed by atoms with Gasteiger partial charge in [0, 0.05) is 0 Å². The molecule has 1 aliphatic carbocycles. The Bertz CT molecular complexity index is 602. The fourth-order valence-electron chi connectivity index (χ4n) is 2.91. The quantitative estimate of drug-likeness (QED) is 0.743. The normalized spacial score (nSPS) is 26.8. The fraction of sp³-hybridized carbons (Fsp3) is 0.571. The largest absolute Gasteiger partial charge is 0.397 e. The smallest absolute Gasteiger partial charge is 0.160 e. The van der Waals surface area contributed by atoms with Crippen LogP contribution < -0.4 is 11.1 Å². The summed E-state index contributed by atoms with van der Waals surface area (Å²) in [4.78, 5) is 0. The molecule has 0 bridgehead atoms. The molecule has 0 atom stereocenters. The van der Waals surface area contributed by atoms with E-state index >= 15 is 0 Å². The molecule has 0 radical (unpaired) electrons. The van der Waals surface area contributed by atoms with Crippen LogP contribution in [0.4, 0.5) is 11.4 Å². The van der Waals surface area contributed by atoms with Crippen LogP contribution in [-0.4, -0.2) is 27.6 Å². The summed E-state index contributed by atoms with van der Waals surface area (Å²) < 4.78 is 4.78. The zero-order valence-electron chi connectivity index (χ0n) is 11.6. The van der Waals surface area contributed by atoms with Gasteiger partial charge in [0.2, 0.25) is 0 Å². The Morgan fingerprint density at radius 3 is 2.75 bits per heavy atom. The van der Waals surface area contributed by atoms with E-state index in [0.29, 0.717) is 16.7 Å². The van der Waals surface area contributed by atoms with Gasteiger partial charge in [-0.15, -0.1) is 0 Å². The van der Waals surface area contributed by atoms with Crippen molar-refractivity contribution in [3.63, 3.8) is 0 Å². The maximum Gasteiger partial charge on any atom is 0.160 e. The lowest BCUT2D eigenvalue weighted by atomic mass is 9.77. The molecule has 6 nitrogen and oxygen atoms in total. The summed E-state index contributed by atoms with van der Waals surface area (Å²) in [6.45, 7) is 2.36. The molecule has 3 rings (SSSR count). The Morgan fingerprint density at radius 2 is 2.05 bits per heavy atom. The van der Waals surface area contributed by atoms with Crippen LogP contribution in [0.15, 0.2) is 16.8 Å². The number of aliphatic hydroxyl groups is 1. The number of aromatic nitrogens is 2. The highest BCUT2D eigenvalue weighted by atomic mass is 16.6. The van der Waals surface area contributed by atoms with Crippen molar-refractivity contribution in [2.45, 2.75) is 38.1 Å². The highest BCUT2D eigenvalue weighted by Crippen LogP contribution is 2.36. The lowest BCUT2D eigenvalue weighted by molar-refractivity contribution is 0.155. The summed E-state index contributed by atoms with van der Waals surface area (Å²) in [7, 11) is 0. The van der Waals surface area contributed by atoms with E-state index in [-0.39, 0.29) is 12.1 Å². The van der Waals surface area contributed by atoms with Gasteiger partial charge in [0.05, 0.1) is 23.5 Å². The molecule has 1 aromatic carbocycles. The lowest BCUT2D eigenvalue weighted by Gasteiger charge is -2.39. The topological polar surface area (TPSA) is 97.2 Å². The maximum absolute atomic E-state index is 9.82. The number of nitrogens with one attached hydrogen (secondary N) is 1. The fourth-order valence-corrected chi connectivity index (χ4v) is 2.91. The zero-order chi connectivity index (χ0) is 14.2. The summed E-state index contributed by atoms with van der Waals surface area (Å²) >= 11 is 0. The molecule has 108 valence electrons. The third-order valence-electron chi connectivity index (χ3n) is 4.38. The van der Waals surface area contributed by atoms with Gasteiger partial charge >= 0.3 is 0 Å². The Morgan fingerprint density at radius 1 is 1.35 bits per heavy atom. The van der Waals surface area contributed by atoms with Crippen LogP contribution in [0.2, 0.25) is 0 Å². The summed E-state index contributed by atoms with van der Waals surface area (Å²) in [5.41, 5.74) is 8.11. The SMILES string of the molecule is CC1CCC(CO)(Nc2ccc(N)c3nonc23)CC1. The van der Waals surface area contributed by atoms with Crippen molar-refractivity contribution in [1.29, 1.82) is 0 Å². The average Bonchev–Trinajstić information content (AvgIpc) is 2.95. The van der Waals surface area contributed by atoms with Gasteiger partial charge in [0.1, 0.15) is 0 Å². The Labute approximate surface area is 117 Å². The van der Waals surface area contributed by atoms with E-state index in [1.54, 1.807) is 6.07 Å². The van der Waals surface area contributed by atoms with Crippen LogP contribution >= 0.6 is 0 Å². The number of nitrogen functional groups attached to an aromatic ring is 1. The molecule has 6 heteroatoms. The second kappa shape index (κ2) is 4.94. The van der Waals surface area contributed by atoms with E-state index in [2.05, 4.69) is 22.6 Å². The number of rotatable bonds is 3. The monoisotopic (exact) mass is 276 g/mol. The van der Waals surface area contributed by atoms with Gasteiger partial charge in [0.15, 0.2) is 11.0 Å². The molecule has 0 unspecified atom stereocenters. The number of benzene rings is 1. The van der Waals surface area contributed by atoms with Gasteiger partial charge in [-0.3, -0.25) is 0 Å². The van der Waals surface area contributed by atoms with Gasteiger partial charge in [-0.25, -0.2) is 4.63 Å². The molecule has 4 N–H and O–H groups in total. The molecule has 1 aliphatic rings. The maximum atomic E-state index is 9.82. The molecule has 2 aromatic rings. The van der Waals surface area contributed by atoms with Crippen molar-refractivity contribution >= 4 is 22.4 Å². The number of aliphatic hydroxyl groups excluding tert-OH is 1. The van der Waals surface area contributed by atoms with Crippen molar-refractivity contribution in [1.82, 2.24) is 10.3 Å². The van der Waals surface area contributed by atoms with E-state index in [9.17, 15) is 5.11 Å². The molecule has 0 aliphatic heterocycles. The third-order valence-corrected chi connectivity index (χ3v) is 4.38. The third kappa shape index (κ3) is 2.20. The molecule has 1 aromatic heterocycles. The first-order valence-electron chi connectivity index (χ1n) is 7.03. The van der Waals surface area contributed by atoms with Crippen LogP contribution in [0.5, 0.6) is 0 Å². The van der Waals surface area contributed by atoms with E-state index in [0.717, 1.165) is 37.3 Å². The molecule has 20 heavy (non-hydrogen) atoms. The molecular formula is C14H20N4O2. The molecule has 1 heterocycles. The molecule has 0 saturated heterocycles. The molecular weight excluding hydrogens is 256 g/mol. The standard InChI is InChI=1S/C14H20N4O2/c1-9-4-6-14(8-19,7-5-9)16-11-3-2-10(15)12-13(11)18-20-17-12/h2-3,9,16,19H,4-8,15H2,1H3. The van der Waals surface area contributed by atoms with Crippen LogP contribution in [0, 0.1) is 5.92 Å². The number of nitrogens with zero attached hydrogens (tertiary/aromatic N) is 2. The first-order chi connectivity index (χ1) is 9.63. The van der Waals surface area contributed by atoms with Crippen LogP contribution in [0.25, 0.3) is 11.0 Å². The number of hydrogen-bond donors (Lipinski definition) is 3. The van der Waals surface area contributed by atoms with Gasteiger partial charge in [-0.2, -0.15) is 0 Å². The van der Waals surface area contributed by atoms with Crippen LogP contribution in [0.3, 0.4) is 0 Å². The number of nitrogens with two attached hydrogens (primary N) is 1. The number of anilines is 2. The first kappa shape index (κ1) is 13.2. The van der Waals surface area contributed by atoms with Gasteiger partial charge in [0.25, 0.3) is 0 Å². The van der Waals surface area contributed by atoms with Gasteiger partial charge in [-0.05, 0) is 54.0 Å². The first-order valence-corrected chi connectivity index (χ1v) is 7.03. The second-order valence-corrected chi connectivity index (χ2v) is 5.91. The predicted molar refractivity (Wildman–Crippen MR) is 77.3 cm³/mol. The van der Waals surface area contributed by atoms with E-state index < -0.39 is 0 Å². The summed E-state index contributed by atoms with van der Waals surface area (Å²) in [6, 6.07) is 3.66. The molecule has 0 spiro atoms. The van der Waals surface area contributed by atoms with Crippen molar-refractivity contribution in [3.05, 3.63) is 12.1 Å².